The van der Waals surface area contributed by atoms with Crippen LogP contribution in [0.1, 0.15) is 6.42 Å². The molecule has 0 bridgehead atoms. The van der Waals surface area contributed by atoms with Gasteiger partial charge in [0.25, 0.3) is 0 Å². The van der Waals surface area contributed by atoms with Gasteiger partial charge in [-0.1, -0.05) is 6.07 Å². The van der Waals surface area contributed by atoms with Crippen molar-refractivity contribution in [3.8, 4) is 5.75 Å². The second kappa shape index (κ2) is 7.76. The molecule has 0 saturated carbocycles. The second-order valence-corrected chi connectivity index (χ2v) is 7.55. The number of ether oxygens (including phenoxy) is 1. The number of nitrogens with zero attached hydrogens (tertiary/aromatic N) is 2. The molecular formula is C15H23N3O4S. The van der Waals surface area contributed by atoms with Crippen LogP contribution in [0.15, 0.2) is 24.3 Å². The van der Waals surface area contributed by atoms with Gasteiger partial charge in [-0.3, -0.25) is 9.69 Å². The highest BCUT2D eigenvalue weighted by molar-refractivity contribution is 7.88. The second-order valence-electron chi connectivity index (χ2n) is 5.57. The Bertz CT molecular complexity index is 648. The van der Waals surface area contributed by atoms with E-state index in [1.807, 2.05) is 17.0 Å². The van der Waals surface area contributed by atoms with Crippen LogP contribution in [0.5, 0.6) is 5.75 Å². The van der Waals surface area contributed by atoms with Crippen molar-refractivity contribution in [3.05, 3.63) is 24.3 Å². The van der Waals surface area contributed by atoms with Gasteiger partial charge in [-0.2, -0.15) is 0 Å². The largest absolute Gasteiger partial charge is 0.497 e. The van der Waals surface area contributed by atoms with E-state index in [9.17, 15) is 13.2 Å². The molecule has 1 aliphatic heterocycles. The molecule has 0 radical (unpaired) electrons. The zero-order valence-corrected chi connectivity index (χ0v) is 14.3. The Morgan fingerprint density at radius 3 is 2.74 bits per heavy atom. The highest BCUT2D eigenvalue weighted by Crippen LogP contribution is 2.16. The highest BCUT2D eigenvalue weighted by Gasteiger charge is 2.22. The summed E-state index contributed by atoms with van der Waals surface area (Å²) in [4.78, 5) is 14.1. The van der Waals surface area contributed by atoms with Crippen molar-refractivity contribution in [3.63, 3.8) is 0 Å². The summed E-state index contributed by atoms with van der Waals surface area (Å²) in [7, 11) is -1.59. The molecule has 0 aliphatic carbocycles. The lowest BCUT2D eigenvalue weighted by atomic mass is 10.3. The van der Waals surface area contributed by atoms with E-state index >= 15 is 0 Å². The van der Waals surface area contributed by atoms with Crippen LogP contribution in [-0.2, 0) is 14.8 Å². The smallest absolute Gasteiger partial charge is 0.238 e. The summed E-state index contributed by atoms with van der Waals surface area (Å²) in [6.45, 7) is 2.43. The lowest BCUT2D eigenvalue weighted by Crippen LogP contribution is -2.37. The van der Waals surface area contributed by atoms with Crippen LogP contribution in [0, 0.1) is 0 Å². The van der Waals surface area contributed by atoms with E-state index in [0.717, 1.165) is 6.42 Å². The Morgan fingerprint density at radius 1 is 1.26 bits per heavy atom. The minimum Gasteiger partial charge on any atom is -0.497 e. The number of hydrogen-bond donors (Lipinski definition) is 1. The third kappa shape index (κ3) is 5.49. The van der Waals surface area contributed by atoms with Gasteiger partial charge in [0, 0.05) is 31.4 Å². The minimum absolute atomic E-state index is 0.119. The van der Waals surface area contributed by atoms with E-state index in [0.29, 0.717) is 37.6 Å². The molecule has 1 amide bonds. The zero-order valence-electron chi connectivity index (χ0n) is 13.5. The molecule has 0 atom stereocenters. The number of rotatable bonds is 5. The number of methoxy groups -OCH3 is 1. The van der Waals surface area contributed by atoms with E-state index in [2.05, 4.69) is 5.32 Å². The Kier molecular flexibility index (Phi) is 5.97. The first-order valence-electron chi connectivity index (χ1n) is 7.50. The molecule has 23 heavy (non-hydrogen) atoms. The Hall–Kier alpha value is -1.64. The van der Waals surface area contributed by atoms with Gasteiger partial charge in [0.15, 0.2) is 0 Å². The number of carbonyl (C=O) groups excluding carboxylic acids is 1. The lowest BCUT2D eigenvalue weighted by molar-refractivity contribution is -0.117. The number of carbonyl (C=O) groups is 1. The van der Waals surface area contributed by atoms with Crippen LogP contribution in [0.25, 0.3) is 0 Å². The number of hydrogen-bond acceptors (Lipinski definition) is 5. The molecule has 1 aromatic rings. The van der Waals surface area contributed by atoms with Gasteiger partial charge in [-0.05, 0) is 25.1 Å². The van der Waals surface area contributed by atoms with Gasteiger partial charge in [0.05, 0.1) is 19.9 Å². The first-order valence-corrected chi connectivity index (χ1v) is 9.35. The summed E-state index contributed by atoms with van der Waals surface area (Å²) in [5.41, 5.74) is 0.682. The number of sulfonamides is 1. The summed E-state index contributed by atoms with van der Waals surface area (Å²) in [5, 5.41) is 2.83. The zero-order chi connectivity index (χ0) is 16.9. The number of nitrogens with one attached hydrogen (secondary N) is 1. The summed E-state index contributed by atoms with van der Waals surface area (Å²) in [5.74, 6) is 0.562. The van der Waals surface area contributed by atoms with Crippen molar-refractivity contribution in [2.24, 2.45) is 0 Å². The molecular weight excluding hydrogens is 318 g/mol. The van der Waals surface area contributed by atoms with E-state index < -0.39 is 10.0 Å². The summed E-state index contributed by atoms with van der Waals surface area (Å²) in [6.07, 6.45) is 1.94. The van der Waals surface area contributed by atoms with Gasteiger partial charge in [-0.25, -0.2) is 12.7 Å². The number of amides is 1. The average molecular weight is 341 g/mol. The Morgan fingerprint density at radius 2 is 2.04 bits per heavy atom. The topological polar surface area (TPSA) is 79.0 Å². The third-order valence-electron chi connectivity index (χ3n) is 3.74. The van der Waals surface area contributed by atoms with E-state index in [4.69, 9.17) is 4.74 Å². The summed E-state index contributed by atoms with van der Waals surface area (Å²) in [6, 6.07) is 7.18. The number of anilines is 1. The van der Waals surface area contributed by atoms with Crippen molar-refractivity contribution in [1.82, 2.24) is 9.21 Å². The predicted molar refractivity (Wildman–Crippen MR) is 89.1 cm³/mol. The molecule has 128 valence electrons. The molecule has 1 saturated heterocycles. The van der Waals surface area contributed by atoms with Crippen molar-refractivity contribution in [2.75, 3.05) is 51.4 Å². The maximum absolute atomic E-state index is 12.1. The molecule has 8 heteroatoms. The fourth-order valence-corrected chi connectivity index (χ4v) is 3.42. The van der Waals surface area contributed by atoms with Crippen LogP contribution in [-0.4, -0.2) is 69.6 Å². The molecule has 1 aromatic carbocycles. The molecule has 1 fully saturated rings. The first-order chi connectivity index (χ1) is 10.9. The number of benzene rings is 1. The standard InChI is InChI=1S/C15H23N3O4S/c1-22-14-6-3-5-13(11-14)16-15(19)12-17-7-4-8-18(10-9-17)23(2,20)21/h3,5-6,11H,4,7-10,12H2,1-2H3,(H,16,19). The first kappa shape index (κ1) is 17.7. The van der Waals surface area contributed by atoms with Crippen molar-refractivity contribution in [1.29, 1.82) is 0 Å². The van der Waals surface area contributed by atoms with Crippen LogP contribution in [0.2, 0.25) is 0 Å². The lowest BCUT2D eigenvalue weighted by Gasteiger charge is -2.20. The Labute approximate surface area is 137 Å². The van der Waals surface area contributed by atoms with Crippen molar-refractivity contribution in [2.45, 2.75) is 6.42 Å². The molecule has 1 aliphatic rings. The van der Waals surface area contributed by atoms with E-state index in [-0.39, 0.29) is 12.5 Å². The van der Waals surface area contributed by atoms with Crippen LogP contribution >= 0.6 is 0 Å². The van der Waals surface area contributed by atoms with Gasteiger partial charge in [0.2, 0.25) is 15.9 Å². The fourth-order valence-electron chi connectivity index (χ4n) is 2.54. The fraction of sp³-hybridized carbons (Fsp3) is 0.533. The van der Waals surface area contributed by atoms with Crippen molar-refractivity contribution >= 4 is 21.6 Å². The molecule has 7 nitrogen and oxygen atoms in total. The minimum atomic E-state index is -3.17. The van der Waals surface area contributed by atoms with Crippen molar-refractivity contribution < 1.29 is 17.9 Å². The van der Waals surface area contributed by atoms with E-state index in [1.54, 1.807) is 19.2 Å². The molecule has 0 aromatic heterocycles. The molecule has 1 heterocycles. The predicted octanol–water partition coefficient (Wildman–Crippen LogP) is 0.601. The van der Waals surface area contributed by atoms with Crippen LogP contribution in [0.4, 0.5) is 5.69 Å². The molecule has 0 spiro atoms. The van der Waals surface area contributed by atoms with Gasteiger partial charge >= 0.3 is 0 Å². The highest BCUT2D eigenvalue weighted by atomic mass is 32.2. The monoisotopic (exact) mass is 341 g/mol. The van der Waals surface area contributed by atoms with Crippen LogP contribution in [0.3, 0.4) is 0 Å². The molecule has 1 N–H and O–H groups in total. The van der Waals surface area contributed by atoms with Crippen LogP contribution < -0.4 is 10.1 Å². The summed E-state index contributed by atoms with van der Waals surface area (Å²) >= 11 is 0. The maximum atomic E-state index is 12.1. The van der Waals surface area contributed by atoms with Gasteiger partial charge < -0.3 is 10.1 Å². The van der Waals surface area contributed by atoms with E-state index in [1.165, 1.54) is 10.6 Å². The normalized spacial score (nSPS) is 17.5. The average Bonchev–Trinajstić information content (AvgIpc) is 2.72. The summed E-state index contributed by atoms with van der Waals surface area (Å²) < 4.78 is 29.8. The maximum Gasteiger partial charge on any atom is 0.238 e. The quantitative estimate of drug-likeness (QED) is 0.848. The SMILES string of the molecule is COc1cccc(NC(=O)CN2CCCN(S(C)(=O)=O)CC2)c1. The van der Waals surface area contributed by atoms with Gasteiger partial charge in [0.1, 0.15) is 5.75 Å². The van der Waals surface area contributed by atoms with Gasteiger partial charge in [-0.15, -0.1) is 0 Å². The molecule has 2 rings (SSSR count). The third-order valence-corrected chi connectivity index (χ3v) is 5.04. The Balaban J connectivity index is 1.88. The molecule has 0 unspecified atom stereocenters.